The third kappa shape index (κ3) is 4.26. The van der Waals surface area contributed by atoms with Crippen molar-refractivity contribution in [3.05, 3.63) is 51.7 Å². The molecule has 0 aliphatic rings. The number of benzene rings is 1. The summed E-state index contributed by atoms with van der Waals surface area (Å²) in [5, 5.41) is 11.5. The van der Waals surface area contributed by atoms with Gasteiger partial charge >= 0.3 is 0 Å². The van der Waals surface area contributed by atoms with E-state index >= 15 is 0 Å². The number of nitriles is 1. The third-order valence-electron chi connectivity index (χ3n) is 2.87. The SMILES string of the molecule is Cc1ccc(C(=O)CCC(=O)Nc2cccc(C#N)c2)s1. The number of nitrogens with zero attached hydrogens (tertiary/aromatic N) is 1. The van der Waals surface area contributed by atoms with Gasteiger partial charge in [-0.3, -0.25) is 9.59 Å². The molecular weight excluding hydrogens is 284 g/mol. The molecular formula is C16H14N2O2S. The van der Waals surface area contributed by atoms with Crippen LogP contribution in [-0.4, -0.2) is 11.7 Å². The first kappa shape index (κ1) is 14.9. The molecule has 0 saturated carbocycles. The summed E-state index contributed by atoms with van der Waals surface area (Å²) in [6.45, 7) is 1.94. The lowest BCUT2D eigenvalue weighted by atomic mass is 10.1. The predicted octanol–water partition coefficient (Wildman–Crippen LogP) is 3.53. The lowest BCUT2D eigenvalue weighted by Crippen LogP contribution is -2.13. The first-order valence-corrected chi connectivity index (χ1v) is 7.30. The summed E-state index contributed by atoms with van der Waals surface area (Å²) in [6, 6.07) is 12.4. The topological polar surface area (TPSA) is 70.0 Å². The molecule has 2 rings (SSSR count). The molecule has 1 aromatic heterocycles. The summed E-state index contributed by atoms with van der Waals surface area (Å²) >= 11 is 1.44. The first-order valence-electron chi connectivity index (χ1n) is 6.48. The molecule has 1 aromatic carbocycles. The van der Waals surface area contributed by atoms with Crippen LogP contribution in [0.3, 0.4) is 0 Å². The second-order valence-corrected chi connectivity index (χ2v) is 5.86. The lowest BCUT2D eigenvalue weighted by Gasteiger charge is -2.04. The van der Waals surface area contributed by atoms with Gasteiger partial charge in [0.05, 0.1) is 16.5 Å². The Balaban J connectivity index is 1.87. The molecule has 1 heterocycles. The van der Waals surface area contributed by atoms with Crippen LogP contribution in [0.2, 0.25) is 0 Å². The van der Waals surface area contributed by atoms with Gasteiger partial charge in [0.1, 0.15) is 0 Å². The van der Waals surface area contributed by atoms with Gasteiger partial charge in [-0.25, -0.2) is 0 Å². The highest BCUT2D eigenvalue weighted by Crippen LogP contribution is 2.18. The Kier molecular flexibility index (Phi) is 4.85. The zero-order chi connectivity index (χ0) is 15.2. The summed E-state index contributed by atoms with van der Waals surface area (Å²) in [7, 11) is 0. The molecule has 1 N–H and O–H groups in total. The Morgan fingerprint density at radius 1 is 1.24 bits per heavy atom. The number of carbonyl (C=O) groups excluding carboxylic acids is 2. The standard InChI is InChI=1S/C16H14N2O2S/c1-11-5-7-15(21-11)14(19)6-8-16(20)18-13-4-2-3-12(9-13)10-17/h2-5,7,9H,6,8H2,1H3,(H,18,20). The Hall–Kier alpha value is -2.45. The second kappa shape index (κ2) is 6.82. The van der Waals surface area contributed by atoms with Gasteiger partial charge in [0.2, 0.25) is 5.91 Å². The highest BCUT2D eigenvalue weighted by Gasteiger charge is 2.11. The van der Waals surface area contributed by atoms with E-state index < -0.39 is 0 Å². The van der Waals surface area contributed by atoms with Gasteiger partial charge in [-0.1, -0.05) is 6.07 Å². The summed E-state index contributed by atoms with van der Waals surface area (Å²) in [4.78, 5) is 25.5. The smallest absolute Gasteiger partial charge is 0.224 e. The van der Waals surface area contributed by atoms with Crippen molar-refractivity contribution < 1.29 is 9.59 Å². The van der Waals surface area contributed by atoms with Crippen molar-refractivity contribution in [2.24, 2.45) is 0 Å². The molecule has 21 heavy (non-hydrogen) atoms. The average molecular weight is 298 g/mol. The van der Waals surface area contributed by atoms with E-state index in [1.807, 2.05) is 19.1 Å². The zero-order valence-corrected chi connectivity index (χ0v) is 12.4. The molecule has 0 fully saturated rings. The fourth-order valence-electron chi connectivity index (χ4n) is 1.82. The van der Waals surface area contributed by atoms with E-state index in [4.69, 9.17) is 5.26 Å². The van der Waals surface area contributed by atoms with Crippen LogP contribution in [0.25, 0.3) is 0 Å². The molecule has 0 saturated heterocycles. The Morgan fingerprint density at radius 3 is 2.71 bits per heavy atom. The number of thiophene rings is 1. The molecule has 0 aliphatic carbocycles. The minimum atomic E-state index is -0.230. The van der Waals surface area contributed by atoms with E-state index in [0.29, 0.717) is 16.1 Å². The van der Waals surface area contributed by atoms with Gasteiger partial charge in [-0.15, -0.1) is 11.3 Å². The number of ketones is 1. The van der Waals surface area contributed by atoms with Crippen LogP contribution in [0, 0.1) is 18.3 Å². The molecule has 0 aliphatic heterocycles. The number of hydrogen-bond donors (Lipinski definition) is 1. The summed E-state index contributed by atoms with van der Waals surface area (Å²) in [5.74, 6) is -0.249. The molecule has 0 radical (unpaired) electrons. The Morgan fingerprint density at radius 2 is 2.05 bits per heavy atom. The molecule has 0 atom stereocenters. The van der Waals surface area contributed by atoms with Gasteiger partial charge in [0.15, 0.2) is 5.78 Å². The molecule has 1 amide bonds. The lowest BCUT2D eigenvalue weighted by molar-refractivity contribution is -0.116. The highest BCUT2D eigenvalue weighted by molar-refractivity contribution is 7.14. The number of amides is 1. The molecule has 5 heteroatoms. The number of aryl methyl sites for hydroxylation is 1. The van der Waals surface area contributed by atoms with E-state index in [9.17, 15) is 9.59 Å². The highest BCUT2D eigenvalue weighted by atomic mass is 32.1. The van der Waals surface area contributed by atoms with Crippen molar-refractivity contribution in [2.45, 2.75) is 19.8 Å². The van der Waals surface area contributed by atoms with Crippen molar-refractivity contribution in [3.63, 3.8) is 0 Å². The number of nitrogens with one attached hydrogen (secondary N) is 1. The molecule has 2 aromatic rings. The fraction of sp³-hybridized carbons (Fsp3) is 0.188. The van der Waals surface area contributed by atoms with Gasteiger partial charge in [-0.05, 0) is 37.3 Å². The van der Waals surface area contributed by atoms with Gasteiger partial charge in [0.25, 0.3) is 0 Å². The normalized spacial score (nSPS) is 9.90. The van der Waals surface area contributed by atoms with Crippen molar-refractivity contribution >= 4 is 28.7 Å². The zero-order valence-electron chi connectivity index (χ0n) is 11.6. The van der Waals surface area contributed by atoms with Crippen LogP contribution >= 0.6 is 11.3 Å². The molecule has 0 spiro atoms. The molecule has 0 unspecified atom stereocenters. The van der Waals surface area contributed by atoms with Crippen LogP contribution < -0.4 is 5.32 Å². The van der Waals surface area contributed by atoms with Crippen LogP contribution in [0.15, 0.2) is 36.4 Å². The number of hydrogen-bond acceptors (Lipinski definition) is 4. The fourth-order valence-corrected chi connectivity index (χ4v) is 2.66. The molecule has 0 bridgehead atoms. The van der Waals surface area contributed by atoms with E-state index in [2.05, 4.69) is 5.32 Å². The average Bonchev–Trinajstić information content (AvgIpc) is 2.91. The number of Topliss-reactive ketones (excluding diaryl/α,β-unsaturated/α-hetero) is 1. The van der Waals surface area contributed by atoms with Crippen molar-refractivity contribution in [1.82, 2.24) is 0 Å². The van der Waals surface area contributed by atoms with E-state index in [1.54, 1.807) is 30.3 Å². The number of anilines is 1. The van der Waals surface area contributed by atoms with Crippen LogP contribution in [0.4, 0.5) is 5.69 Å². The largest absolute Gasteiger partial charge is 0.326 e. The third-order valence-corrected chi connectivity index (χ3v) is 3.91. The molecule has 106 valence electrons. The summed E-state index contributed by atoms with van der Waals surface area (Å²) in [6.07, 6.45) is 0.316. The monoisotopic (exact) mass is 298 g/mol. The van der Waals surface area contributed by atoms with Crippen LogP contribution in [0.5, 0.6) is 0 Å². The second-order valence-electron chi connectivity index (χ2n) is 4.57. The van der Waals surface area contributed by atoms with Crippen LogP contribution in [-0.2, 0) is 4.79 Å². The number of rotatable bonds is 5. The minimum absolute atomic E-state index is 0.0194. The Bertz CT molecular complexity index is 713. The molecule has 4 nitrogen and oxygen atoms in total. The van der Waals surface area contributed by atoms with Gasteiger partial charge < -0.3 is 5.32 Å². The maximum Gasteiger partial charge on any atom is 0.224 e. The van der Waals surface area contributed by atoms with E-state index in [1.165, 1.54) is 11.3 Å². The van der Waals surface area contributed by atoms with Crippen molar-refractivity contribution in [2.75, 3.05) is 5.32 Å². The predicted molar refractivity (Wildman–Crippen MR) is 82.4 cm³/mol. The summed E-state index contributed by atoms with van der Waals surface area (Å²) < 4.78 is 0. The van der Waals surface area contributed by atoms with E-state index in [0.717, 1.165) is 4.88 Å². The summed E-state index contributed by atoms with van der Waals surface area (Å²) in [5.41, 5.74) is 1.05. The quantitative estimate of drug-likeness (QED) is 0.858. The van der Waals surface area contributed by atoms with E-state index in [-0.39, 0.29) is 24.5 Å². The van der Waals surface area contributed by atoms with Crippen molar-refractivity contribution in [1.29, 1.82) is 5.26 Å². The Labute approximate surface area is 127 Å². The van der Waals surface area contributed by atoms with Gasteiger partial charge in [-0.2, -0.15) is 5.26 Å². The number of carbonyl (C=O) groups is 2. The first-order chi connectivity index (χ1) is 10.1. The maximum absolute atomic E-state index is 11.9. The maximum atomic E-state index is 11.9. The minimum Gasteiger partial charge on any atom is -0.326 e. The van der Waals surface area contributed by atoms with Crippen molar-refractivity contribution in [3.8, 4) is 6.07 Å². The van der Waals surface area contributed by atoms with Crippen LogP contribution in [0.1, 0.15) is 33.0 Å². The van der Waals surface area contributed by atoms with Gasteiger partial charge in [0, 0.05) is 23.4 Å².